The lowest BCUT2D eigenvalue weighted by Gasteiger charge is -2.27. The van der Waals surface area contributed by atoms with Gasteiger partial charge in [0.2, 0.25) is 5.91 Å². The van der Waals surface area contributed by atoms with Gasteiger partial charge >= 0.3 is 0 Å². The van der Waals surface area contributed by atoms with Gasteiger partial charge in [-0.2, -0.15) is 0 Å². The van der Waals surface area contributed by atoms with Gasteiger partial charge in [-0.3, -0.25) is 4.79 Å². The van der Waals surface area contributed by atoms with Crippen LogP contribution in [-0.2, 0) is 4.79 Å². The summed E-state index contributed by atoms with van der Waals surface area (Å²) in [6.07, 6.45) is 9.92. The van der Waals surface area contributed by atoms with Gasteiger partial charge in [-0.15, -0.1) is 0 Å². The van der Waals surface area contributed by atoms with Crippen LogP contribution in [0.25, 0.3) is 0 Å². The Bertz CT molecular complexity index is 251. The Hall–Kier alpha value is -0.570. The molecule has 0 radical (unpaired) electrons. The molecule has 3 nitrogen and oxygen atoms in total. The summed E-state index contributed by atoms with van der Waals surface area (Å²) in [5.74, 6) is 1.84. The summed E-state index contributed by atoms with van der Waals surface area (Å²) < 4.78 is 0. The fourth-order valence-electron chi connectivity index (χ4n) is 3.15. The van der Waals surface area contributed by atoms with E-state index in [9.17, 15) is 4.79 Å². The van der Waals surface area contributed by atoms with Gasteiger partial charge in [0.15, 0.2) is 0 Å². The van der Waals surface area contributed by atoms with Gasteiger partial charge in [0.1, 0.15) is 0 Å². The van der Waals surface area contributed by atoms with E-state index in [0.717, 1.165) is 31.3 Å². The zero-order chi connectivity index (χ0) is 12.8. The minimum absolute atomic E-state index is 0.0648. The van der Waals surface area contributed by atoms with E-state index in [1.165, 1.54) is 44.9 Å². The van der Waals surface area contributed by atoms with Crippen LogP contribution in [-0.4, -0.2) is 25.0 Å². The third-order valence-electron chi connectivity index (χ3n) is 4.58. The van der Waals surface area contributed by atoms with Gasteiger partial charge in [0, 0.05) is 6.54 Å². The van der Waals surface area contributed by atoms with Gasteiger partial charge in [-0.05, 0) is 44.1 Å². The number of hydrogen-bond donors (Lipinski definition) is 2. The summed E-state index contributed by atoms with van der Waals surface area (Å²) in [4.78, 5) is 12.1. The predicted molar refractivity (Wildman–Crippen MR) is 74.4 cm³/mol. The number of carbonyl (C=O) groups is 1. The maximum atomic E-state index is 12.1. The van der Waals surface area contributed by atoms with Crippen molar-refractivity contribution in [3.63, 3.8) is 0 Å². The molecular weight excluding hydrogens is 224 g/mol. The Morgan fingerprint density at radius 3 is 2.67 bits per heavy atom. The molecule has 1 saturated heterocycles. The van der Waals surface area contributed by atoms with Crippen molar-refractivity contribution >= 4 is 5.91 Å². The second kappa shape index (κ2) is 7.13. The van der Waals surface area contributed by atoms with Crippen molar-refractivity contribution in [3.05, 3.63) is 0 Å². The molecule has 104 valence electrons. The fraction of sp³-hybridized carbons (Fsp3) is 0.933. The van der Waals surface area contributed by atoms with E-state index in [0.29, 0.717) is 0 Å². The number of rotatable bonds is 3. The highest BCUT2D eigenvalue weighted by Gasteiger charge is 2.22. The van der Waals surface area contributed by atoms with Crippen LogP contribution in [0.4, 0.5) is 0 Å². The quantitative estimate of drug-likeness (QED) is 0.810. The van der Waals surface area contributed by atoms with Crippen molar-refractivity contribution in [2.75, 3.05) is 13.1 Å². The third kappa shape index (κ3) is 4.27. The molecule has 0 bridgehead atoms. The van der Waals surface area contributed by atoms with E-state index in [2.05, 4.69) is 17.6 Å². The van der Waals surface area contributed by atoms with E-state index in [1.54, 1.807) is 0 Å². The van der Waals surface area contributed by atoms with E-state index in [4.69, 9.17) is 0 Å². The maximum absolute atomic E-state index is 12.1. The molecule has 1 aliphatic heterocycles. The summed E-state index contributed by atoms with van der Waals surface area (Å²) in [5.41, 5.74) is 0. The topological polar surface area (TPSA) is 41.1 Å². The minimum Gasteiger partial charge on any atom is -0.354 e. The Morgan fingerprint density at radius 2 is 1.89 bits per heavy atom. The van der Waals surface area contributed by atoms with Gasteiger partial charge in [0.05, 0.1) is 6.04 Å². The van der Waals surface area contributed by atoms with Gasteiger partial charge in [-0.25, -0.2) is 0 Å². The zero-order valence-electron chi connectivity index (χ0n) is 11.7. The molecule has 1 saturated carbocycles. The fourth-order valence-corrected chi connectivity index (χ4v) is 3.15. The van der Waals surface area contributed by atoms with E-state index >= 15 is 0 Å². The molecule has 0 aromatic rings. The second-order valence-corrected chi connectivity index (χ2v) is 6.23. The molecule has 2 N–H and O–H groups in total. The standard InChI is InChI=1S/C15H28N2O/c1-12-6-8-13(9-7-12)11-17-15(18)14-5-3-2-4-10-16-14/h12-14,16H,2-11H2,1H3,(H,17,18). The van der Waals surface area contributed by atoms with Crippen LogP contribution in [0.3, 0.4) is 0 Å². The normalized spacial score (nSPS) is 33.7. The first-order chi connectivity index (χ1) is 8.75. The van der Waals surface area contributed by atoms with Crippen molar-refractivity contribution in [1.29, 1.82) is 0 Å². The average Bonchev–Trinajstić information content (AvgIpc) is 2.66. The second-order valence-electron chi connectivity index (χ2n) is 6.23. The maximum Gasteiger partial charge on any atom is 0.237 e. The lowest BCUT2D eigenvalue weighted by atomic mass is 9.83. The molecule has 0 spiro atoms. The first-order valence-corrected chi connectivity index (χ1v) is 7.77. The van der Waals surface area contributed by atoms with Crippen molar-refractivity contribution in [2.45, 2.75) is 64.3 Å². The van der Waals surface area contributed by atoms with Gasteiger partial charge in [-0.1, -0.05) is 32.6 Å². The number of hydrogen-bond acceptors (Lipinski definition) is 2. The molecule has 18 heavy (non-hydrogen) atoms. The molecule has 0 aromatic heterocycles. The van der Waals surface area contributed by atoms with Crippen molar-refractivity contribution in [2.24, 2.45) is 11.8 Å². The van der Waals surface area contributed by atoms with Crippen LogP contribution in [0.2, 0.25) is 0 Å². The monoisotopic (exact) mass is 252 g/mol. The highest BCUT2D eigenvalue weighted by atomic mass is 16.2. The van der Waals surface area contributed by atoms with Crippen LogP contribution in [0.1, 0.15) is 58.3 Å². The molecule has 2 aliphatic rings. The molecule has 2 fully saturated rings. The van der Waals surface area contributed by atoms with Crippen LogP contribution < -0.4 is 10.6 Å². The van der Waals surface area contributed by atoms with Crippen LogP contribution in [0.5, 0.6) is 0 Å². The highest BCUT2D eigenvalue weighted by molar-refractivity contribution is 5.81. The Labute approximate surface area is 111 Å². The lowest BCUT2D eigenvalue weighted by molar-refractivity contribution is -0.123. The van der Waals surface area contributed by atoms with Crippen LogP contribution >= 0.6 is 0 Å². The molecule has 0 aromatic carbocycles. The Kier molecular flexibility index (Phi) is 5.48. The van der Waals surface area contributed by atoms with E-state index < -0.39 is 0 Å². The molecule has 3 heteroatoms. The van der Waals surface area contributed by atoms with Crippen molar-refractivity contribution < 1.29 is 4.79 Å². The third-order valence-corrected chi connectivity index (χ3v) is 4.58. The van der Waals surface area contributed by atoms with Crippen LogP contribution in [0, 0.1) is 11.8 Å². The van der Waals surface area contributed by atoms with Crippen molar-refractivity contribution in [3.8, 4) is 0 Å². The number of amides is 1. The van der Waals surface area contributed by atoms with E-state index in [1.807, 2.05) is 0 Å². The summed E-state index contributed by atoms with van der Waals surface area (Å²) >= 11 is 0. The first-order valence-electron chi connectivity index (χ1n) is 7.77. The first kappa shape index (κ1) is 13.9. The van der Waals surface area contributed by atoms with Crippen LogP contribution in [0.15, 0.2) is 0 Å². The van der Waals surface area contributed by atoms with Crippen molar-refractivity contribution in [1.82, 2.24) is 10.6 Å². The average molecular weight is 252 g/mol. The molecule has 1 unspecified atom stereocenters. The number of nitrogens with one attached hydrogen (secondary N) is 2. The lowest BCUT2D eigenvalue weighted by Crippen LogP contribution is -2.45. The molecule has 1 aliphatic carbocycles. The Balaban J connectivity index is 1.67. The summed E-state index contributed by atoms with van der Waals surface area (Å²) in [6.45, 7) is 4.23. The number of carbonyl (C=O) groups excluding carboxylic acids is 1. The smallest absolute Gasteiger partial charge is 0.237 e. The van der Waals surface area contributed by atoms with Gasteiger partial charge in [0.25, 0.3) is 0 Å². The zero-order valence-corrected chi connectivity index (χ0v) is 11.7. The summed E-state index contributed by atoms with van der Waals surface area (Å²) in [6, 6.07) is 0.0648. The largest absolute Gasteiger partial charge is 0.354 e. The molecule has 1 atom stereocenters. The summed E-state index contributed by atoms with van der Waals surface area (Å²) in [7, 11) is 0. The Morgan fingerprint density at radius 1 is 1.11 bits per heavy atom. The predicted octanol–water partition coefficient (Wildman–Crippen LogP) is 2.46. The molecule has 2 rings (SSSR count). The highest BCUT2D eigenvalue weighted by Crippen LogP contribution is 2.27. The molecule has 1 amide bonds. The summed E-state index contributed by atoms with van der Waals surface area (Å²) in [5, 5.41) is 6.53. The molecular formula is C15H28N2O. The van der Waals surface area contributed by atoms with E-state index in [-0.39, 0.29) is 11.9 Å². The minimum atomic E-state index is 0.0648. The molecule has 1 heterocycles. The van der Waals surface area contributed by atoms with Gasteiger partial charge < -0.3 is 10.6 Å². The SMILES string of the molecule is CC1CCC(CNC(=O)C2CCCCCN2)CC1.